The van der Waals surface area contributed by atoms with Crippen molar-refractivity contribution in [2.24, 2.45) is 0 Å². The number of nitrogens with one attached hydrogen (secondary N) is 2. The Bertz CT molecular complexity index is 623. The Morgan fingerprint density at radius 2 is 1.54 bits per heavy atom. The summed E-state index contributed by atoms with van der Waals surface area (Å²) < 4.78 is 0. The Balaban J connectivity index is 1.76. The lowest BCUT2D eigenvalue weighted by Gasteiger charge is -2.27. The highest BCUT2D eigenvalue weighted by Crippen LogP contribution is 2.28. The number of hydrogen-bond donors (Lipinski definition) is 5. The van der Waals surface area contributed by atoms with Crippen LogP contribution in [0.1, 0.15) is 23.3 Å². The van der Waals surface area contributed by atoms with Gasteiger partial charge >= 0.3 is 0 Å². The van der Waals surface area contributed by atoms with Crippen molar-refractivity contribution in [1.29, 1.82) is 0 Å². The Labute approximate surface area is 142 Å². The van der Waals surface area contributed by atoms with Crippen molar-refractivity contribution in [1.82, 2.24) is 10.6 Å². The van der Waals surface area contributed by atoms with E-state index < -0.39 is 18.3 Å². The van der Waals surface area contributed by atoms with Crippen molar-refractivity contribution in [2.45, 2.75) is 30.4 Å². The average Bonchev–Trinajstić information content (AvgIpc) is 2.95. The minimum Gasteiger partial charge on any atom is -0.389 e. The third-order valence-corrected chi connectivity index (χ3v) is 4.57. The Hall–Kier alpha value is -1.76. The highest BCUT2D eigenvalue weighted by atomic mass is 16.3. The van der Waals surface area contributed by atoms with Crippen LogP contribution in [-0.4, -0.2) is 46.7 Å². The molecule has 0 amide bonds. The van der Waals surface area contributed by atoms with Gasteiger partial charge < -0.3 is 26.0 Å². The molecule has 1 heterocycles. The van der Waals surface area contributed by atoms with E-state index in [1.807, 2.05) is 60.7 Å². The molecule has 5 atom stereocenters. The Morgan fingerprint density at radius 1 is 0.958 bits per heavy atom. The number of hydrogen-bond acceptors (Lipinski definition) is 5. The van der Waals surface area contributed by atoms with Gasteiger partial charge in [0.1, 0.15) is 0 Å². The molecule has 1 saturated heterocycles. The predicted octanol–water partition coefficient (Wildman–Crippen LogP) is 0.745. The fourth-order valence-electron chi connectivity index (χ4n) is 3.14. The van der Waals surface area contributed by atoms with E-state index in [1.165, 1.54) is 0 Å². The standard InChI is InChI=1S/C19H24N2O3/c22-16-12-20-15(19(16)24)11-21-17(13-7-3-1-4-8-13)18(23)14-9-5-2-6-10-14/h1-10,15-24H,11-12H2/t15-,16+,17-,18+,19-/m1/s1. The van der Waals surface area contributed by atoms with Gasteiger partial charge in [0.05, 0.1) is 24.4 Å². The maximum absolute atomic E-state index is 10.8. The van der Waals surface area contributed by atoms with E-state index in [0.717, 1.165) is 11.1 Å². The zero-order valence-electron chi connectivity index (χ0n) is 13.4. The monoisotopic (exact) mass is 328 g/mol. The summed E-state index contributed by atoms with van der Waals surface area (Å²) in [4.78, 5) is 0. The molecule has 2 aromatic rings. The van der Waals surface area contributed by atoms with Crippen LogP contribution in [0.15, 0.2) is 60.7 Å². The lowest BCUT2D eigenvalue weighted by atomic mass is 9.95. The van der Waals surface area contributed by atoms with E-state index >= 15 is 0 Å². The summed E-state index contributed by atoms with van der Waals surface area (Å²) in [6.45, 7) is 0.826. The smallest absolute Gasteiger partial charge is 0.0984 e. The molecule has 24 heavy (non-hydrogen) atoms. The molecule has 5 heteroatoms. The van der Waals surface area contributed by atoms with E-state index in [2.05, 4.69) is 10.6 Å². The maximum Gasteiger partial charge on any atom is 0.0984 e. The zero-order chi connectivity index (χ0) is 16.9. The van der Waals surface area contributed by atoms with Crippen LogP contribution in [0, 0.1) is 0 Å². The number of aliphatic hydroxyl groups excluding tert-OH is 3. The third kappa shape index (κ3) is 3.83. The molecule has 0 aromatic heterocycles. The van der Waals surface area contributed by atoms with Gasteiger partial charge in [-0.3, -0.25) is 0 Å². The predicted molar refractivity (Wildman–Crippen MR) is 92.4 cm³/mol. The highest BCUT2D eigenvalue weighted by Gasteiger charge is 2.33. The molecular weight excluding hydrogens is 304 g/mol. The second-order valence-corrected chi connectivity index (χ2v) is 6.22. The first kappa shape index (κ1) is 17.1. The van der Waals surface area contributed by atoms with Crippen LogP contribution in [0.3, 0.4) is 0 Å². The van der Waals surface area contributed by atoms with E-state index in [4.69, 9.17) is 0 Å². The van der Waals surface area contributed by atoms with Gasteiger partial charge in [-0.1, -0.05) is 60.7 Å². The van der Waals surface area contributed by atoms with Gasteiger partial charge in [-0.2, -0.15) is 0 Å². The first-order chi connectivity index (χ1) is 11.7. The van der Waals surface area contributed by atoms with Crippen LogP contribution >= 0.6 is 0 Å². The van der Waals surface area contributed by atoms with Crippen molar-refractivity contribution in [3.05, 3.63) is 71.8 Å². The van der Waals surface area contributed by atoms with Crippen molar-refractivity contribution >= 4 is 0 Å². The molecule has 5 nitrogen and oxygen atoms in total. The van der Waals surface area contributed by atoms with Gasteiger partial charge in [0.25, 0.3) is 0 Å². The van der Waals surface area contributed by atoms with Crippen LogP contribution in [-0.2, 0) is 0 Å². The molecular formula is C19H24N2O3. The molecule has 0 bridgehead atoms. The largest absolute Gasteiger partial charge is 0.389 e. The maximum atomic E-state index is 10.8. The minimum absolute atomic E-state index is 0.241. The van der Waals surface area contributed by atoms with Crippen molar-refractivity contribution in [2.75, 3.05) is 13.1 Å². The summed E-state index contributed by atoms with van der Waals surface area (Å²) in [6, 6.07) is 18.7. The molecule has 0 aliphatic carbocycles. The topological polar surface area (TPSA) is 84.8 Å². The van der Waals surface area contributed by atoms with Gasteiger partial charge in [0, 0.05) is 19.1 Å². The highest BCUT2D eigenvalue weighted by molar-refractivity contribution is 5.26. The SMILES string of the molecule is O[C@H]1[C@@H](O)CN[C@@H]1CN[C@H](c1ccccc1)[C@@H](O)c1ccccc1. The quantitative estimate of drug-likeness (QED) is 0.540. The number of aliphatic hydroxyl groups is 3. The number of β-amino-alcohol motifs (C(OH)–C–C–N with tert-alkyl or cyclic N) is 1. The molecule has 1 fully saturated rings. The molecule has 3 rings (SSSR count). The lowest BCUT2D eigenvalue weighted by Crippen LogP contribution is -2.43. The van der Waals surface area contributed by atoms with Gasteiger partial charge in [0.15, 0.2) is 0 Å². The summed E-state index contributed by atoms with van der Waals surface area (Å²) in [5, 5.41) is 36.9. The molecule has 0 spiro atoms. The summed E-state index contributed by atoms with van der Waals surface area (Å²) in [6.07, 6.45) is -2.26. The van der Waals surface area contributed by atoms with Gasteiger partial charge in [0.2, 0.25) is 0 Å². The fourth-order valence-corrected chi connectivity index (χ4v) is 3.14. The van der Waals surface area contributed by atoms with E-state index in [-0.39, 0.29) is 12.1 Å². The van der Waals surface area contributed by atoms with Gasteiger partial charge in [-0.05, 0) is 11.1 Å². The van der Waals surface area contributed by atoms with Crippen LogP contribution in [0.25, 0.3) is 0 Å². The van der Waals surface area contributed by atoms with Gasteiger partial charge in [-0.15, -0.1) is 0 Å². The lowest BCUT2D eigenvalue weighted by molar-refractivity contribution is 0.0386. The molecule has 1 aliphatic rings. The van der Waals surface area contributed by atoms with E-state index in [1.54, 1.807) is 0 Å². The Morgan fingerprint density at radius 3 is 2.08 bits per heavy atom. The van der Waals surface area contributed by atoms with Crippen LogP contribution in [0.2, 0.25) is 0 Å². The van der Waals surface area contributed by atoms with Gasteiger partial charge in [-0.25, -0.2) is 0 Å². The Kier molecular flexibility index (Phi) is 5.60. The summed E-state index contributed by atoms with van der Waals surface area (Å²) in [7, 11) is 0. The first-order valence-electron chi connectivity index (χ1n) is 8.27. The van der Waals surface area contributed by atoms with Crippen molar-refractivity contribution in [3.8, 4) is 0 Å². The van der Waals surface area contributed by atoms with Crippen LogP contribution in [0.4, 0.5) is 0 Å². The van der Waals surface area contributed by atoms with Crippen molar-refractivity contribution < 1.29 is 15.3 Å². The number of benzene rings is 2. The molecule has 0 saturated carbocycles. The summed E-state index contributed by atoms with van der Waals surface area (Å²) in [5.41, 5.74) is 1.81. The molecule has 5 N–H and O–H groups in total. The molecule has 0 radical (unpaired) electrons. The molecule has 0 unspecified atom stereocenters. The molecule has 128 valence electrons. The number of rotatable bonds is 6. The van der Waals surface area contributed by atoms with E-state index in [0.29, 0.717) is 13.1 Å². The van der Waals surface area contributed by atoms with Crippen LogP contribution < -0.4 is 10.6 Å². The molecule has 2 aromatic carbocycles. The summed E-state index contributed by atoms with van der Waals surface area (Å²) in [5.74, 6) is 0. The fraction of sp³-hybridized carbons (Fsp3) is 0.368. The third-order valence-electron chi connectivity index (χ3n) is 4.57. The van der Waals surface area contributed by atoms with E-state index in [9.17, 15) is 15.3 Å². The zero-order valence-corrected chi connectivity index (χ0v) is 13.4. The normalized spacial score (nSPS) is 26.2. The molecule has 1 aliphatic heterocycles. The summed E-state index contributed by atoms with van der Waals surface area (Å²) >= 11 is 0. The first-order valence-corrected chi connectivity index (χ1v) is 8.27. The van der Waals surface area contributed by atoms with Crippen LogP contribution in [0.5, 0.6) is 0 Å². The van der Waals surface area contributed by atoms with Crippen molar-refractivity contribution in [3.63, 3.8) is 0 Å². The minimum atomic E-state index is -0.803. The second kappa shape index (κ2) is 7.88. The average molecular weight is 328 g/mol. The second-order valence-electron chi connectivity index (χ2n) is 6.22.